The van der Waals surface area contributed by atoms with Crippen LogP contribution in [0.4, 0.5) is 25.1 Å². The number of aliphatic hydroxyl groups is 1. The van der Waals surface area contributed by atoms with Crippen molar-refractivity contribution >= 4 is 23.4 Å². The molecule has 27 heavy (non-hydrogen) atoms. The first-order valence-corrected chi connectivity index (χ1v) is 8.18. The smallest absolute Gasteiger partial charge is 0.325 e. The van der Waals surface area contributed by atoms with Crippen molar-refractivity contribution in [3.63, 3.8) is 0 Å². The zero-order valence-electron chi connectivity index (χ0n) is 14.5. The van der Waals surface area contributed by atoms with Crippen molar-refractivity contribution < 1.29 is 23.5 Å². The highest BCUT2D eigenvalue weighted by atomic mass is 19.3. The lowest BCUT2D eigenvalue weighted by molar-refractivity contribution is 0.102. The molecule has 0 aliphatic carbocycles. The van der Waals surface area contributed by atoms with Gasteiger partial charge in [0.2, 0.25) is 0 Å². The molecule has 144 valence electrons. The molecule has 0 unspecified atom stereocenters. The van der Waals surface area contributed by atoms with Crippen molar-refractivity contribution in [1.29, 1.82) is 0 Å². The first-order valence-electron chi connectivity index (χ1n) is 8.18. The van der Waals surface area contributed by atoms with Gasteiger partial charge in [0.05, 0.1) is 12.8 Å². The number of hydrogen-bond acceptors (Lipinski definition) is 5. The van der Waals surface area contributed by atoms with Crippen LogP contribution in [0.1, 0.15) is 22.6 Å². The van der Waals surface area contributed by atoms with E-state index in [9.17, 15) is 18.4 Å². The van der Waals surface area contributed by atoms with Gasteiger partial charge in [-0.2, -0.15) is 5.10 Å². The predicted molar refractivity (Wildman–Crippen MR) is 91.8 cm³/mol. The van der Waals surface area contributed by atoms with Gasteiger partial charge in [0.25, 0.3) is 12.3 Å². The van der Waals surface area contributed by atoms with Gasteiger partial charge in [-0.15, -0.1) is 0 Å². The molecule has 2 N–H and O–H groups in total. The summed E-state index contributed by atoms with van der Waals surface area (Å²) in [4.78, 5) is 31.3. The van der Waals surface area contributed by atoms with Crippen molar-refractivity contribution in [3.8, 4) is 0 Å². The van der Waals surface area contributed by atoms with Crippen LogP contribution in [0.25, 0.3) is 0 Å². The normalized spacial score (nSPS) is 14.3. The summed E-state index contributed by atoms with van der Waals surface area (Å²) in [6, 6.07) is 3.44. The molecule has 3 amide bonds. The number of aryl methyl sites for hydroxylation is 1. The first kappa shape index (κ1) is 18.7. The molecule has 0 atom stereocenters. The molecular formula is C16H18F2N6O3. The van der Waals surface area contributed by atoms with Crippen molar-refractivity contribution in [1.82, 2.24) is 19.7 Å². The Morgan fingerprint density at radius 1 is 1.37 bits per heavy atom. The molecule has 0 spiro atoms. The van der Waals surface area contributed by atoms with Gasteiger partial charge in [-0.25, -0.2) is 18.6 Å². The highest BCUT2D eigenvalue weighted by Crippen LogP contribution is 2.27. The number of alkyl halides is 2. The number of aromatic nitrogens is 3. The quantitative estimate of drug-likeness (QED) is 0.785. The highest BCUT2D eigenvalue weighted by molar-refractivity contribution is 6.06. The van der Waals surface area contributed by atoms with E-state index in [1.54, 1.807) is 7.05 Å². The van der Waals surface area contributed by atoms with Crippen molar-refractivity contribution in [2.45, 2.75) is 6.43 Å². The van der Waals surface area contributed by atoms with Crippen LogP contribution in [-0.2, 0) is 7.05 Å². The maximum atomic E-state index is 12.8. The van der Waals surface area contributed by atoms with E-state index in [0.29, 0.717) is 13.1 Å². The lowest BCUT2D eigenvalue weighted by Gasteiger charge is -2.17. The number of halogens is 2. The molecule has 11 heteroatoms. The third kappa shape index (κ3) is 3.87. The minimum Gasteiger partial charge on any atom is -0.395 e. The fourth-order valence-corrected chi connectivity index (χ4v) is 2.76. The second kappa shape index (κ2) is 7.66. The summed E-state index contributed by atoms with van der Waals surface area (Å²) in [5.74, 6) is -0.452. The predicted octanol–water partition coefficient (Wildman–Crippen LogP) is 1.24. The van der Waals surface area contributed by atoms with E-state index < -0.39 is 18.0 Å². The average molecular weight is 380 g/mol. The molecule has 1 saturated heterocycles. The Bertz CT molecular complexity index is 856. The van der Waals surface area contributed by atoms with E-state index in [1.165, 1.54) is 32.8 Å². The summed E-state index contributed by atoms with van der Waals surface area (Å²) in [6.45, 7) is 0.810. The van der Waals surface area contributed by atoms with Crippen molar-refractivity contribution in [2.24, 2.45) is 7.05 Å². The number of urea groups is 1. The Morgan fingerprint density at radius 3 is 2.85 bits per heavy atom. The van der Waals surface area contributed by atoms with Gasteiger partial charge < -0.3 is 15.3 Å². The number of hydrogen-bond donors (Lipinski definition) is 2. The number of carbonyl (C=O) groups is 2. The van der Waals surface area contributed by atoms with Gasteiger partial charge in [0.15, 0.2) is 5.82 Å². The molecule has 1 aliphatic heterocycles. The summed E-state index contributed by atoms with van der Waals surface area (Å²) in [6.07, 6.45) is -1.28. The monoisotopic (exact) mass is 380 g/mol. The van der Waals surface area contributed by atoms with Gasteiger partial charge >= 0.3 is 6.03 Å². The van der Waals surface area contributed by atoms with E-state index >= 15 is 0 Å². The summed E-state index contributed by atoms with van der Waals surface area (Å²) in [5, 5.41) is 15.8. The Balaban J connectivity index is 1.81. The number of β-amino-alcohol motifs (C(OH)–C–C–N with tert-alkyl or cyclic N) is 1. The van der Waals surface area contributed by atoms with Crippen LogP contribution in [0.5, 0.6) is 0 Å². The molecule has 3 rings (SSSR count). The summed E-state index contributed by atoms with van der Waals surface area (Å²) >= 11 is 0. The summed E-state index contributed by atoms with van der Waals surface area (Å²) in [5.41, 5.74) is -0.411. The maximum Gasteiger partial charge on any atom is 0.325 e. The summed E-state index contributed by atoms with van der Waals surface area (Å²) < 4.78 is 27.0. The van der Waals surface area contributed by atoms with Gasteiger partial charge in [-0.05, 0) is 12.1 Å². The molecule has 1 aliphatic rings. The number of pyridine rings is 1. The molecule has 0 aromatic carbocycles. The lowest BCUT2D eigenvalue weighted by Crippen LogP contribution is -2.34. The second-order valence-electron chi connectivity index (χ2n) is 5.89. The standard InChI is InChI=1S/C16H18F2N6O3/c1-22-9-12(14(21-22)24-6-5-23(7-8-25)16(24)27)20-15(26)11-4-2-3-10(19-11)13(17)18/h2-4,9,13,25H,5-8H2,1H3,(H,20,26). The van der Waals surface area contributed by atoms with Crippen LogP contribution in [0.15, 0.2) is 24.4 Å². The third-order valence-electron chi connectivity index (χ3n) is 4.00. The molecular weight excluding hydrogens is 362 g/mol. The van der Waals surface area contributed by atoms with E-state index in [-0.39, 0.29) is 36.4 Å². The zero-order chi connectivity index (χ0) is 19.6. The van der Waals surface area contributed by atoms with Gasteiger partial charge in [0.1, 0.15) is 17.1 Å². The van der Waals surface area contributed by atoms with Crippen LogP contribution in [0, 0.1) is 0 Å². The fraction of sp³-hybridized carbons (Fsp3) is 0.375. The van der Waals surface area contributed by atoms with E-state index in [4.69, 9.17) is 5.11 Å². The van der Waals surface area contributed by atoms with Gasteiger partial charge in [-0.1, -0.05) is 6.07 Å². The van der Waals surface area contributed by atoms with Crippen molar-refractivity contribution in [2.75, 3.05) is 36.5 Å². The van der Waals surface area contributed by atoms with Gasteiger partial charge in [-0.3, -0.25) is 14.4 Å². The second-order valence-corrected chi connectivity index (χ2v) is 5.89. The number of carbonyl (C=O) groups excluding carboxylic acids is 2. The molecule has 2 aromatic rings. The van der Waals surface area contributed by atoms with Crippen LogP contribution < -0.4 is 10.2 Å². The molecule has 1 fully saturated rings. The molecule has 0 radical (unpaired) electrons. The molecule has 0 bridgehead atoms. The van der Waals surface area contributed by atoms with Crippen LogP contribution in [0.2, 0.25) is 0 Å². The van der Waals surface area contributed by atoms with Crippen LogP contribution in [0.3, 0.4) is 0 Å². The van der Waals surface area contributed by atoms with Crippen molar-refractivity contribution in [3.05, 3.63) is 35.8 Å². The minimum atomic E-state index is -2.79. The Labute approximate surface area is 153 Å². The van der Waals surface area contributed by atoms with Crippen LogP contribution >= 0.6 is 0 Å². The number of rotatable bonds is 6. The number of anilines is 2. The largest absolute Gasteiger partial charge is 0.395 e. The van der Waals surface area contributed by atoms with E-state index in [0.717, 1.165) is 6.07 Å². The Hall–Kier alpha value is -3.08. The minimum absolute atomic E-state index is 0.155. The topological polar surface area (TPSA) is 104 Å². The lowest BCUT2D eigenvalue weighted by atomic mass is 10.3. The number of amides is 3. The molecule has 0 saturated carbocycles. The van der Waals surface area contributed by atoms with Gasteiger partial charge in [0, 0.05) is 26.7 Å². The van der Waals surface area contributed by atoms with E-state index in [1.807, 2.05) is 0 Å². The highest BCUT2D eigenvalue weighted by Gasteiger charge is 2.32. The molecule has 2 aromatic heterocycles. The average Bonchev–Trinajstić information content (AvgIpc) is 3.18. The zero-order valence-corrected chi connectivity index (χ0v) is 14.5. The van der Waals surface area contributed by atoms with Crippen LogP contribution in [-0.4, -0.2) is 63.0 Å². The maximum absolute atomic E-state index is 12.8. The summed E-state index contributed by atoms with van der Waals surface area (Å²) in [7, 11) is 1.63. The fourth-order valence-electron chi connectivity index (χ4n) is 2.76. The van der Waals surface area contributed by atoms with E-state index in [2.05, 4.69) is 15.4 Å². The number of nitrogens with one attached hydrogen (secondary N) is 1. The Morgan fingerprint density at radius 2 is 2.15 bits per heavy atom. The number of nitrogens with zero attached hydrogens (tertiary/aromatic N) is 5. The first-order chi connectivity index (χ1) is 12.9. The SMILES string of the molecule is Cn1cc(NC(=O)c2cccc(C(F)F)n2)c(N2CCN(CCO)C2=O)n1. The Kier molecular flexibility index (Phi) is 5.31. The number of aliphatic hydroxyl groups excluding tert-OH is 1. The third-order valence-corrected chi connectivity index (χ3v) is 4.00. The molecule has 9 nitrogen and oxygen atoms in total. The molecule has 3 heterocycles.